The van der Waals surface area contributed by atoms with Crippen molar-refractivity contribution in [3.63, 3.8) is 0 Å². The van der Waals surface area contributed by atoms with Gasteiger partial charge in [0.15, 0.2) is 0 Å². The molecule has 0 aliphatic carbocycles. The van der Waals surface area contributed by atoms with Crippen LogP contribution in [0.25, 0.3) is 0 Å². The van der Waals surface area contributed by atoms with Gasteiger partial charge in [-0.2, -0.15) is 0 Å². The second-order valence-corrected chi connectivity index (χ2v) is 5.46. The predicted octanol–water partition coefficient (Wildman–Crippen LogP) is 1.53. The summed E-state index contributed by atoms with van der Waals surface area (Å²) in [4.78, 5) is 27.7. The van der Waals surface area contributed by atoms with Gasteiger partial charge in [-0.3, -0.25) is 9.59 Å². The topological polar surface area (TPSA) is 60.9 Å². The fourth-order valence-electron chi connectivity index (χ4n) is 2.55. The monoisotopic (exact) mass is 310 g/mol. The maximum Gasteiger partial charge on any atom is 0.228 e. The highest BCUT2D eigenvalue weighted by Crippen LogP contribution is 2.27. The van der Waals surface area contributed by atoms with E-state index in [-0.39, 0.29) is 30.8 Å². The molecule has 1 aromatic rings. The first-order valence-electron chi connectivity index (χ1n) is 7.02. The first-order valence-corrected chi connectivity index (χ1v) is 7.40. The second-order valence-electron chi connectivity index (χ2n) is 5.02. The number of hydrogen-bond acceptors (Lipinski definition) is 3. The largest absolute Gasteiger partial charge is 0.395 e. The summed E-state index contributed by atoms with van der Waals surface area (Å²) in [5.74, 6) is -0.480. The number of nitrogens with zero attached hydrogens (tertiary/aromatic N) is 2. The molecule has 2 rings (SSSR count). The molecule has 0 radical (unpaired) electrons. The van der Waals surface area contributed by atoms with E-state index in [1.807, 2.05) is 6.92 Å². The lowest BCUT2D eigenvalue weighted by molar-refractivity contribution is -0.136. The molecular weight excluding hydrogens is 292 g/mol. The lowest BCUT2D eigenvalue weighted by Crippen LogP contribution is -2.39. The molecule has 1 N–H and O–H groups in total. The average molecular weight is 311 g/mol. The van der Waals surface area contributed by atoms with Crippen LogP contribution in [0.15, 0.2) is 24.3 Å². The van der Waals surface area contributed by atoms with Crippen molar-refractivity contribution in [2.24, 2.45) is 5.92 Å². The number of amides is 2. The zero-order chi connectivity index (χ0) is 15.4. The van der Waals surface area contributed by atoms with Crippen molar-refractivity contribution >= 4 is 29.1 Å². The number of anilines is 1. The van der Waals surface area contributed by atoms with Gasteiger partial charge in [-0.1, -0.05) is 11.6 Å². The number of hydrogen-bond donors (Lipinski definition) is 1. The van der Waals surface area contributed by atoms with Gasteiger partial charge in [0.1, 0.15) is 0 Å². The van der Waals surface area contributed by atoms with Gasteiger partial charge in [-0.05, 0) is 31.2 Å². The standard InChI is InChI=1S/C15H19ClN2O3/c1-2-17(7-8-19)15(21)11-9-14(20)18(10-11)13-5-3-12(16)4-6-13/h3-6,11,19H,2,7-10H2,1H3. The van der Waals surface area contributed by atoms with Gasteiger partial charge in [-0.15, -0.1) is 0 Å². The molecule has 5 nitrogen and oxygen atoms in total. The number of rotatable bonds is 5. The number of halogens is 1. The van der Waals surface area contributed by atoms with Crippen molar-refractivity contribution in [2.45, 2.75) is 13.3 Å². The van der Waals surface area contributed by atoms with Crippen LogP contribution < -0.4 is 4.90 Å². The molecule has 6 heteroatoms. The van der Waals surface area contributed by atoms with E-state index in [0.29, 0.717) is 24.7 Å². The van der Waals surface area contributed by atoms with Crippen LogP contribution in [0.1, 0.15) is 13.3 Å². The van der Waals surface area contributed by atoms with Crippen molar-refractivity contribution in [1.82, 2.24) is 4.90 Å². The fraction of sp³-hybridized carbons (Fsp3) is 0.467. The predicted molar refractivity (Wildman–Crippen MR) is 81.3 cm³/mol. The van der Waals surface area contributed by atoms with E-state index in [2.05, 4.69) is 0 Å². The Kier molecular flexibility index (Phi) is 5.20. The zero-order valence-corrected chi connectivity index (χ0v) is 12.7. The van der Waals surface area contributed by atoms with Gasteiger partial charge in [0.2, 0.25) is 11.8 Å². The number of aliphatic hydroxyl groups is 1. The van der Waals surface area contributed by atoms with E-state index in [0.717, 1.165) is 5.69 Å². The van der Waals surface area contributed by atoms with Gasteiger partial charge in [0, 0.05) is 36.8 Å². The molecule has 1 heterocycles. The van der Waals surface area contributed by atoms with Crippen LogP contribution >= 0.6 is 11.6 Å². The minimum atomic E-state index is -0.348. The average Bonchev–Trinajstić information content (AvgIpc) is 2.87. The highest BCUT2D eigenvalue weighted by Gasteiger charge is 2.36. The Morgan fingerprint density at radius 2 is 2.10 bits per heavy atom. The maximum absolute atomic E-state index is 12.4. The number of likely N-dealkylation sites (N-methyl/N-ethyl adjacent to an activating group) is 1. The van der Waals surface area contributed by atoms with E-state index in [4.69, 9.17) is 16.7 Å². The van der Waals surface area contributed by atoms with Crippen molar-refractivity contribution in [3.8, 4) is 0 Å². The number of benzene rings is 1. The third-order valence-electron chi connectivity index (χ3n) is 3.68. The number of aliphatic hydroxyl groups excluding tert-OH is 1. The summed E-state index contributed by atoms with van der Waals surface area (Å²) >= 11 is 5.84. The fourth-order valence-corrected chi connectivity index (χ4v) is 2.67. The van der Waals surface area contributed by atoms with Gasteiger partial charge in [-0.25, -0.2) is 0 Å². The SMILES string of the molecule is CCN(CCO)C(=O)C1CC(=O)N(c2ccc(Cl)cc2)C1. The quantitative estimate of drug-likeness (QED) is 0.897. The summed E-state index contributed by atoms with van der Waals surface area (Å²) in [5, 5.41) is 9.59. The van der Waals surface area contributed by atoms with E-state index in [1.165, 1.54) is 0 Å². The van der Waals surface area contributed by atoms with Gasteiger partial charge < -0.3 is 14.9 Å². The van der Waals surface area contributed by atoms with Crippen LogP contribution in [0, 0.1) is 5.92 Å². The third-order valence-corrected chi connectivity index (χ3v) is 3.93. The molecule has 1 aliphatic rings. The highest BCUT2D eigenvalue weighted by molar-refractivity contribution is 6.30. The van der Waals surface area contributed by atoms with Gasteiger partial charge in [0.05, 0.1) is 12.5 Å². The van der Waals surface area contributed by atoms with Crippen LogP contribution in [0.5, 0.6) is 0 Å². The first-order chi connectivity index (χ1) is 10.1. The number of carbonyl (C=O) groups excluding carboxylic acids is 2. The van der Waals surface area contributed by atoms with Gasteiger partial charge >= 0.3 is 0 Å². The Morgan fingerprint density at radius 1 is 1.43 bits per heavy atom. The molecule has 1 aromatic carbocycles. The van der Waals surface area contributed by atoms with E-state index < -0.39 is 0 Å². The molecule has 21 heavy (non-hydrogen) atoms. The molecular formula is C15H19ClN2O3. The molecule has 2 amide bonds. The normalized spacial score (nSPS) is 18.1. The summed E-state index contributed by atoms with van der Waals surface area (Å²) in [5.41, 5.74) is 0.755. The molecule has 1 saturated heterocycles. The van der Waals surface area contributed by atoms with Crippen LogP contribution in [0.3, 0.4) is 0 Å². The lowest BCUT2D eigenvalue weighted by Gasteiger charge is -2.23. The Labute approximate surface area is 129 Å². The molecule has 114 valence electrons. The van der Waals surface area contributed by atoms with Crippen LogP contribution in [0.2, 0.25) is 5.02 Å². The first kappa shape index (κ1) is 15.8. The summed E-state index contributed by atoms with van der Waals surface area (Å²) < 4.78 is 0. The number of carbonyl (C=O) groups is 2. The van der Waals surface area contributed by atoms with Gasteiger partial charge in [0.25, 0.3) is 0 Å². The van der Waals surface area contributed by atoms with Crippen molar-refractivity contribution in [1.29, 1.82) is 0 Å². The van der Waals surface area contributed by atoms with Crippen molar-refractivity contribution in [2.75, 3.05) is 31.1 Å². The smallest absolute Gasteiger partial charge is 0.228 e. The Balaban J connectivity index is 2.08. The summed E-state index contributed by atoms with van der Waals surface area (Å²) in [6, 6.07) is 7.00. The van der Waals surface area contributed by atoms with Crippen molar-refractivity contribution < 1.29 is 14.7 Å². The molecule has 0 spiro atoms. The zero-order valence-electron chi connectivity index (χ0n) is 12.0. The third kappa shape index (κ3) is 3.54. The summed E-state index contributed by atoms with van der Waals surface area (Å²) in [6.45, 7) is 3.01. The Bertz CT molecular complexity index is 518. The Morgan fingerprint density at radius 3 is 2.67 bits per heavy atom. The van der Waals surface area contributed by atoms with Crippen LogP contribution in [-0.4, -0.2) is 48.1 Å². The van der Waals surface area contributed by atoms with Crippen LogP contribution in [-0.2, 0) is 9.59 Å². The molecule has 0 aromatic heterocycles. The summed E-state index contributed by atoms with van der Waals surface area (Å²) in [6.07, 6.45) is 0.212. The minimum absolute atomic E-state index is 0.0595. The minimum Gasteiger partial charge on any atom is -0.395 e. The molecule has 0 bridgehead atoms. The molecule has 1 unspecified atom stereocenters. The van der Waals surface area contributed by atoms with E-state index >= 15 is 0 Å². The second kappa shape index (κ2) is 6.91. The van der Waals surface area contributed by atoms with E-state index in [1.54, 1.807) is 34.1 Å². The molecule has 1 atom stereocenters. The van der Waals surface area contributed by atoms with Crippen LogP contribution in [0.4, 0.5) is 5.69 Å². The lowest BCUT2D eigenvalue weighted by atomic mass is 10.1. The molecule has 1 fully saturated rings. The molecule has 1 aliphatic heterocycles. The molecule has 0 saturated carbocycles. The maximum atomic E-state index is 12.4. The van der Waals surface area contributed by atoms with Crippen molar-refractivity contribution in [3.05, 3.63) is 29.3 Å². The summed E-state index contributed by atoms with van der Waals surface area (Å²) in [7, 11) is 0. The van der Waals surface area contributed by atoms with E-state index in [9.17, 15) is 9.59 Å². The Hall–Kier alpha value is -1.59. The highest BCUT2D eigenvalue weighted by atomic mass is 35.5.